The number of rotatable bonds is 6. The molecule has 6 nitrogen and oxygen atoms in total. The van der Waals surface area contributed by atoms with E-state index in [1.807, 2.05) is 6.07 Å². The van der Waals surface area contributed by atoms with Crippen molar-refractivity contribution in [3.05, 3.63) is 35.9 Å². The van der Waals surface area contributed by atoms with Crippen LogP contribution in [-0.4, -0.2) is 27.2 Å². The highest BCUT2D eigenvalue weighted by molar-refractivity contribution is 6.31. The van der Waals surface area contributed by atoms with E-state index in [1.165, 1.54) is 17.3 Å². The number of hydrogen-bond acceptors (Lipinski definition) is 4. The second-order valence-electron chi connectivity index (χ2n) is 4.66. The smallest absolute Gasteiger partial charge is 0.249 e. The molecule has 0 aliphatic heterocycles. The van der Waals surface area contributed by atoms with E-state index in [0.29, 0.717) is 10.7 Å². The molecule has 1 amide bonds. The number of amides is 1. The van der Waals surface area contributed by atoms with Crippen LogP contribution in [0.15, 0.2) is 30.9 Å². The first kappa shape index (κ1) is 15.3. The van der Waals surface area contributed by atoms with E-state index in [1.54, 1.807) is 19.1 Å². The summed E-state index contributed by atoms with van der Waals surface area (Å²) in [5, 5.41) is 10.7. The molecule has 2 aromatic rings. The Morgan fingerprint density at radius 2 is 2.24 bits per heavy atom. The molecule has 1 heterocycles. The highest BCUT2D eigenvalue weighted by Gasteiger charge is 2.17. The summed E-state index contributed by atoms with van der Waals surface area (Å²) in [5.74, 6) is -0.178. The summed E-state index contributed by atoms with van der Waals surface area (Å²) >= 11 is 6.01. The van der Waals surface area contributed by atoms with Crippen molar-refractivity contribution in [2.45, 2.75) is 26.3 Å². The number of anilines is 2. The summed E-state index contributed by atoms with van der Waals surface area (Å²) in [6, 6.07) is 4.92. The van der Waals surface area contributed by atoms with Crippen molar-refractivity contribution in [3.8, 4) is 0 Å². The number of nitrogens with one attached hydrogen (secondary N) is 2. The Hall–Kier alpha value is -2.08. The van der Waals surface area contributed by atoms with Crippen LogP contribution in [0.2, 0.25) is 5.02 Å². The second-order valence-corrected chi connectivity index (χ2v) is 5.09. The molecule has 7 heteroatoms. The van der Waals surface area contributed by atoms with Crippen LogP contribution in [-0.2, 0) is 4.79 Å². The summed E-state index contributed by atoms with van der Waals surface area (Å²) < 4.78 is 1.50. The van der Waals surface area contributed by atoms with Gasteiger partial charge in [0.1, 0.15) is 18.7 Å². The van der Waals surface area contributed by atoms with Crippen molar-refractivity contribution in [1.82, 2.24) is 14.8 Å². The van der Waals surface area contributed by atoms with Gasteiger partial charge in [-0.2, -0.15) is 5.10 Å². The number of nitrogens with zero attached hydrogens (tertiary/aromatic N) is 3. The third-order valence-corrected chi connectivity index (χ3v) is 3.25. The lowest BCUT2D eigenvalue weighted by molar-refractivity contribution is -0.119. The zero-order valence-electron chi connectivity index (χ0n) is 12.0. The van der Waals surface area contributed by atoms with Crippen LogP contribution in [0.4, 0.5) is 11.4 Å². The summed E-state index contributed by atoms with van der Waals surface area (Å²) in [4.78, 5) is 16.1. The summed E-state index contributed by atoms with van der Waals surface area (Å²) in [6.07, 6.45) is 3.90. The molecule has 0 unspecified atom stereocenters. The maximum atomic E-state index is 12.3. The largest absolute Gasteiger partial charge is 0.383 e. The van der Waals surface area contributed by atoms with Crippen LogP contribution < -0.4 is 10.6 Å². The van der Waals surface area contributed by atoms with Crippen molar-refractivity contribution in [3.63, 3.8) is 0 Å². The summed E-state index contributed by atoms with van der Waals surface area (Å²) in [7, 11) is 0. The molecule has 0 saturated heterocycles. The Kier molecular flexibility index (Phi) is 5.16. The highest BCUT2D eigenvalue weighted by Crippen LogP contribution is 2.26. The van der Waals surface area contributed by atoms with Gasteiger partial charge in [0.2, 0.25) is 5.91 Å². The van der Waals surface area contributed by atoms with Gasteiger partial charge in [0, 0.05) is 11.6 Å². The molecule has 21 heavy (non-hydrogen) atoms. The Morgan fingerprint density at radius 1 is 1.43 bits per heavy atom. The van der Waals surface area contributed by atoms with Gasteiger partial charge in [0.05, 0.1) is 11.4 Å². The van der Waals surface area contributed by atoms with Gasteiger partial charge < -0.3 is 10.6 Å². The van der Waals surface area contributed by atoms with E-state index in [9.17, 15) is 4.79 Å². The van der Waals surface area contributed by atoms with Gasteiger partial charge in [0.25, 0.3) is 0 Å². The van der Waals surface area contributed by atoms with Crippen molar-refractivity contribution < 1.29 is 4.79 Å². The lowest BCUT2D eigenvalue weighted by Gasteiger charge is -2.16. The number of aromatic nitrogens is 3. The zero-order valence-corrected chi connectivity index (χ0v) is 12.8. The van der Waals surface area contributed by atoms with Crippen LogP contribution in [0.3, 0.4) is 0 Å². The molecule has 2 N–H and O–H groups in total. The topological polar surface area (TPSA) is 71.8 Å². The minimum absolute atomic E-state index is 0.178. The van der Waals surface area contributed by atoms with Crippen molar-refractivity contribution in [2.24, 2.45) is 0 Å². The van der Waals surface area contributed by atoms with Crippen molar-refractivity contribution >= 4 is 28.9 Å². The van der Waals surface area contributed by atoms with Gasteiger partial charge >= 0.3 is 0 Å². The number of carbonyl (C=O) groups is 1. The van der Waals surface area contributed by atoms with E-state index >= 15 is 0 Å². The predicted molar refractivity (Wildman–Crippen MR) is 83.6 cm³/mol. The number of benzene rings is 1. The Labute approximate surface area is 128 Å². The first-order chi connectivity index (χ1) is 10.1. The molecule has 0 bridgehead atoms. The molecule has 0 aliphatic carbocycles. The van der Waals surface area contributed by atoms with Crippen molar-refractivity contribution in [1.29, 1.82) is 0 Å². The summed E-state index contributed by atoms with van der Waals surface area (Å²) in [5.41, 5.74) is 1.51. The minimum Gasteiger partial charge on any atom is -0.383 e. The standard InChI is InChI=1S/C14H18ClN5O/c1-3-6-17-12-5-4-11(15)7-13(12)19-14(21)10(2)20-9-16-8-18-20/h4-5,7-10,17H,3,6H2,1-2H3,(H,19,21)/t10-/m0/s1. The molecular formula is C14H18ClN5O. The van der Waals surface area contributed by atoms with Gasteiger partial charge in [-0.05, 0) is 31.5 Å². The molecule has 0 radical (unpaired) electrons. The maximum absolute atomic E-state index is 12.3. The lowest BCUT2D eigenvalue weighted by Crippen LogP contribution is -2.24. The lowest BCUT2D eigenvalue weighted by atomic mass is 10.2. The normalized spacial score (nSPS) is 12.0. The molecule has 112 valence electrons. The van der Waals surface area contributed by atoms with Crippen molar-refractivity contribution in [2.75, 3.05) is 17.2 Å². The molecule has 1 atom stereocenters. The van der Waals surface area contributed by atoms with Gasteiger partial charge in [-0.1, -0.05) is 18.5 Å². The molecule has 0 fully saturated rings. The predicted octanol–water partition coefficient (Wildman–Crippen LogP) is 2.95. The van der Waals surface area contributed by atoms with Crippen LogP contribution in [0.5, 0.6) is 0 Å². The number of halogens is 1. The van der Waals surface area contributed by atoms with E-state index in [2.05, 4.69) is 27.6 Å². The average molecular weight is 308 g/mol. The van der Waals surface area contributed by atoms with Gasteiger partial charge in [-0.25, -0.2) is 9.67 Å². The zero-order chi connectivity index (χ0) is 15.2. The maximum Gasteiger partial charge on any atom is 0.249 e. The van der Waals surface area contributed by atoms with Gasteiger partial charge in [0.15, 0.2) is 0 Å². The fourth-order valence-electron chi connectivity index (χ4n) is 1.81. The number of carbonyl (C=O) groups excluding carboxylic acids is 1. The number of hydrogen-bond donors (Lipinski definition) is 2. The molecule has 0 aliphatic rings. The first-order valence-corrected chi connectivity index (χ1v) is 7.18. The quantitative estimate of drug-likeness (QED) is 0.860. The fraction of sp³-hybridized carbons (Fsp3) is 0.357. The monoisotopic (exact) mass is 307 g/mol. The van der Waals surface area contributed by atoms with Crippen LogP contribution in [0, 0.1) is 0 Å². The van der Waals surface area contributed by atoms with E-state index < -0.39 is 6.04 Å². The Bertz CT molecular complexity index is 599. The van der Waals surface area contributed by atoms with Crippen LogP contribution in [0.25, 0.3) is 0 Å². The highest BCUT2D eigenvalue weighted by atomic mass is 35.5. The van der Waals surface area contributed by atoms with Crippen LogP contribution in [0.1, 0.15) is 26.3 Å². The SMILES string of the molecule is CCCNc1ccc(Cl)cc1NC(=O)[C@H](C)n1cncn1. The molecule has 0 saturated carbocycles. The molecule has 0 spiro atoms. The average Bonchev–Trinajstić information content (AvgIpc) is 2.99. The molecule has 1 aromatic heterocycles. The van der Waals surface area contributed by atoms with Gasteiger partial charge in [-0.15, -0.1) is 0 Å². The molecule has 1 aromatic carbocycles. The van der Waals surface area contributed by atoms with Crippen LogP contribution >= 0.6 is 11.6 Å². The first-order valence-electron chi connectivity index (χ1n) is 6.80. The minimum atomic E-state index is -0.453. The Morgan fingerprint density at radius 3 is 2.90 bits per heavy atom. The van der Waals surface area contributed by atoms with Gasteiger partial charge in [-0.3, -0.25) is 4.79 Å². The van der Waals surface area contributed by atoms with E-state index in [4.69, 9.17) is 11.6 Å². The third-order valence-electron chi connectivity index (χ3n) is 3.02. The molecular weight excluding hydrogens is 290 g/mol. The third kappa shape index (κ3) is 3.95. The fourth-order valence-corrected chi connectivity index (χ4v) is 1.98. The summed E-state index contributed by atoms with van der Waals surface area (Å²) in [6.45, 7) is 4.66. The molecule has 2 rings (SSSR count). The van der Waals surface area contributed by atoms with E-state index in [0.717, 1.165) is 18.7 Å². The Balaban J connectivity index is 2.14. The van der Waals surface area contributed by atoms with E-state index in [-0.39, 0.29) is 5.91 Å². The second kappa shape index (κ2) is 7.08.